The molecule has 0 saturated carbocycles. The van der Waals surface area contributed by atoms with E-state index in [1.54, 1.807) is 12.4 Å². The Bertz CT molecular complexity index is 510. The van der Waals surface area contributed by atoms with Crippen LogP contribution in [0.2, 0.25) is 0 Å². The van der Waals surface area contributed by atoms with Gasteiger partial charge in [-0.25, -0.2) is 4.68 Å². The molecule has 2 aromatic heterocycles. The molecule has 0 saturated heterocycles. The third-order valence-electron chi connectivity index (χ3n) is 2.87. The Morgan fingerprint density at radius 3 is 3.24 bits per heavy atom. The number of nitrogens with zero attached hydrogens (tertiary/aromatic N) is 4. The molecule has 3 rings (SSSR count). The second-order valence-electron chi connectivity index (χ2n) is 3.98. The van der Waals surface area contributed by atoms with Gasteiger partial charge in [0.15, 0.2) is 0 Å². The van der Waals surface area contributed by atoms with Gasteiger partial charge in [0, 0.05) is 24.5 Å². The average Bonchev–Trinajstić information content (AvgIpc) is 2.82. The summed E-state index contributed by atoms with van der Waals surface area (Å²) in [5.74, 6) is 0. The molecule has 0 spiro atoms. The molecule has 0 aliphatic carbocycles. The van der Waals surface area contributed by atoms with E-state index in [1.165, 1.54) is 0 Å². The fourth-order valence-electron chi connectivity index (χ4n) is 1.93. The summed E-state index contributed by atoms with van der Waals surface area (Å²) in [6, 6.07) is 3.85. The first kappa shape index (κ1) is 10.4. The number of fused-ring (bicyclic) bond motifs is 1. The van der Waals surface area contributed by atoms with Crippen LogP contribution in [-0.4, -0.2) is 32.6 Å². The molecule has 6 nitrogen and oxygen atoms in total. The number of nitrogens with two attached hydrogens (primary N) is 1. The van der Waals surface area contributed by atoms with Crippen molar-refractivity contribution in [2.45, 2.75) is 19.3 Å². The molecule has 1 aliphatic heterocycles. The van der Waals surface area contributed by atoms with Gasteiger partial charge in [-0.15, -0.1) is 5.10 Å². The third kappa shape index (κ3) is 1.81. The summed E-state index contributed by atoms with van der Waals surface area (Å²) in [5, 5.41) is 8.32. The Balaban J connectivity index is 1.97. The minimum atomic E-state index is 0.0333. The van der Waals surface area contributed by atoms with Gasteiger partial charge in [-0.1, -0.05) is 5.21 Å². The Morgan fingerprint density at radius 2 is 2.47 bits per heavy atom. The molecule has 1 atom stereocenters. The van der Waals surface area contributed by atoms with Crippen molar-refractivity contribution in [2.24, 2.45) is 5.73 Å². The van der Waals surface area contributed by atoms with Crippen LogP contribution < -0.4 is 5.73 Å². The van der Waals surface area contributed by atoms with Crippen molar-refractivity contribution in [1.82, 2.24) is 20.0 Å². The second-order valence-corrected chi connectivity index (χ2v) is 3.98. The van der Waals surface area contributed by atoms with Gasteiger partial charge in [0.1, 0.15) is 5.69 Å². The first-order chi connectivity index (χ1) is 8.38. The Morgan fingerprint density at radius 1 is 1.53 bits per heavy atom. The van der Waals surface area contributed by atoms with Crippen LogP contribution in [0.25, 0.3) is 11.3 Å². The molecule has 0 fully saturated rings. The van der Waals surface area contributed by atoms with E-state index in [2.05, 4.69) is 15.3 Å². The molecular formula is C11H13N5O. The zero-order valence-electron chi connectivity index (χ0n) is 9.28. The number of hydrogen-bond acceptors (Lipinski definition) is 5. The summed E-state index contributed by atoms with van der Waals surface area (Å²) in [7, 11) is 0. The Kier molecular flexibility index (Phi) is 2.58. The molecule has 6 heteroatoms. The van der Waals surface area contributed by atoms with Crippen molar-refractivity contribution in [3.63, 3.8) is 0 Å². The van der Waals surface area contributed by atoms with Crippen LogP contribution in [-0.2, 0) is 17.9 Å². The topological polar surface area (TPSA) is 78.9 Å². The van der Waals surface area contributed by atoms with Gasteiger partial charge in [0.05, 0.1) is 24.9 Å². The lowest BCUT2D eigenvalue weighted by Gasteiger charge is -2.22. The van der Waals surface area contributed by atoms with Crippen LogP contribution in [0.4, 0.5) is 0 Å². The molecule has 3 heterocycles. The molecule has 0 amide bonds. The lowest BCUT2D eigenvalue weighted by atomic mass is 10.1. The molecule has 1 aliphatic rings. The molecule has 0 bridgehead atoms. The largest absolute Gasteiger partial charge is 0.369 e. The average molecular weight is 231 g/mol. The lowest BCUT2D eigenvalue weighted by Crippen LogP contribution is -2.33. The first-order valence-corrected chi connectivity index (χ1v) is 5.53. The van der Waals surface area contributed by atoms with Crippen LogP contribution in [0.3, 0.4) is 0 Å². The van der Waals surface area contributed by atoms with Crippen LogP contribution in [0.1, 0.15) is 5.69 Å². The summed E-state index contributed by atoms with van der Waals surface area (Å²) >= 11 is 0. The van der Waals surface area contributed by atoms with Gasteiger partial charge in [-0.3, -0.25) is 4.98 Å². The van der Waals surface area contributed by atoms with Gasteiger partial charge in [-0.2, -0.15) is 0 Å². The molecule has 17 heavy (non-hydrogen) atoms. The molecule has 0 aromatic carbocycles. The maximum absolute atomic E-state index is 5.63. The standard InChI is InChI=1S/C11H13N5O/c12-4-9-6-16-10(7-17-9)11(14-15-16)8-2-1-3-13-5-8/h1-3,5,9H,4,6-7,12H2. The molecule has 2 N–H and O–H groups in total. The summed E-state index contributed by atoms with van der Waals surface area (Å²) in [4.78, 5) is 4.08. The number of hydrogen-bond donors (Lipinski definition) is 1. The van der Waals surface area contributed by atoms with E-state index < -0.39 is 0 Å². The molecule has 2 aromatic rings. The summed E-state index contributed by atoms with van der Waals surface area (Å²) in [6.07, 6.45) is 3.55. The smallest absolute Gasteiger partial charge is 0.120 e. The van der Waals surface area contributed by atoms with Gasteiger partial charge in [-0.05, 0) is 12.1 Å². The summed E-state index contributed by atoms with van der Waals surface area (Å²) in [6.45, 7) is 1.67. The van der Waals surface area contributed by atoms with Gasteiger partial charge >= 0.3 is 0 Å². The molecule has 0 radical (unpaired) electrons. The quantitative estimate of drug-likeness (QED) is 0.798. The summed E-state index contributed by atoms with van der Waals surface area (Å²) in [5.41, 5.74) is 8.37. The third-order valence-corrected chi connectivity index (χ3v) is 2.87. The van der Waals surface area contributed by atoms with Crippen LogP contribution in [0.15, 0.2) is 24.5 Å². The zero-order chi connectivity index (χ0) is 11.7. The molecular weight excluding hydrogens is 218 g/mol. The highest BCUT2D eigenvalue weighted by molar-refractivity contribution is 5.59. The van der Waals surface area contributed by atoms with Crippen molar-refractivity contribution < 1.29 is 4.74 Å². The highest BCUT2D eigenvalue weighted by Crippen LogP contribution is 2.23. The monoisotopic (exact) mass is 231 g/mol. The highest BCUT2D eigenvalue weighted by atomic mass is 16.5. The van der Waals surface area contributed by atoms with Crippen LogP contribution in [0.5, 0.6) is 0 Å². The Hall–Kier alpha value is -1.79. The van der Waals surface area contributed by atoms with E-state index in [1.807, 2.05) is 16.8 Å². The number of ether oxygens (including phenoxy) is 1. The Labute approximate surface area is 98.4 Å². The van der Waals surface area contributed by atoms with Gasteiger partial charge < -0.3 is 10.5 Å². The minimum Gasteiger partial charge on any atom is -0.369 e. The second kappa shape index (κ2) is 4.23. The maximum Gasteiger partial charge on any atom is 0.120 e. The highest BCUT2D eigenvalue weighted by Gasteiger charge is 2.23. The van der Waals surface area contributed by atoms with Crippen molar-refractivity contribution in [3.05, 3.63) is 30.2 Å². The molecule has 88 valence electrons. The molecule has 1 unspecified atom stereocenters. The predicted molar refractivity (Wildman–Crippen MR) is 60.9 cm³/mol. The van der Waals surface area contributed by atoms with Crippen molar-refractivity contribution >= 4 is 0 Å². The van der Waals surface area contributed by atoms with Crippen LogP contribution in [0, 0.1) is 0 Å². The number of pyridine rings is 1. The van der Waals surface area contributed by atoms with E-state index in [4.69, 9.17) is 10.5 Å². The van der Waals surface area contributed by atoms with Gasteiger partial charge in [0.2, 0.25) is 0 Å². The van der Waals surface area contributed by atoms with E-state index >= 15 is 0 Å². The number of rotatable bonds is 2. The summed E-state index contributed by atoms with van der Waals surface area (Å²) < 4.78 is 7.49. The SMILES string of the molecule is NCC1Cn2nnc(-c3cccnc3)c2CO1. The van der Waals surface area contributed by atoms with E-state index in [9.17, 15) is 0 Å². The number of aromatic nitrogens is 4. The van der Waals surface area contributed by atoms with E-state index in [0.29, 0.717) is 19.7 Å². The van der Waals surface area contributed by atoms with E-state index in [-0.39, 0.29) is 6.10 Å². The fraction of sp³-hybridized carbons (Fsp3) is 0.364. The van der Waals surface area contributed by atoms with Crippen molar-refractivity contribution in [2.75, 3.05) is 6.54 Å². The van der Waals surface area contributed by atoms with Gasteiger partial charge in [0.25, 0.3) is 0 Å². The normalized spacial score (nSPS) is 19.0. The van der Waals surface area contributed by atoms with Crippen LogP contribution >= 0.6 is 0 Å². The first-order valence-electron chi connectivity index (χ1n) is 5.53. The lowest BCUT2D eigenvalue weighted by molar-refractivity contribution is 0.00639. The predicted octanol–water partition coefficient (Wildman–Crippen LogP) is 0.198. The minimum absolute atomic E-state index is 0.0333. The fourth-order valence-corrected chi connectivity index (χ4v) is 1.93. The zero-order valence-corrected chi connectivity index (χ0v) is 9.28. The van der Waals surface area contributed by atoms with Crippen molar-refractivity contribution in [1.29, 1.82) is 0 Å². The maximum atomic E-state index is 5.63. The van der Waals surface area contributed by atoms with Crippen molar-refractivity contribution in [3.8, 4) is 11.3 Å². The van der Waals surface area contributed by atoms with E-state index in [0.717, 1.165) is 17.0 Å².